The van der Waals surface area contributed by atoms with Gasteiger partial charge in [0.15, 0.2) is 0 Å². The summed E-state index contributed by atoms with van der Waals surface area (Å²) in [5.74, 6) is 0.0560. The van der Waals surface area contributed by atoms with Crippen LogP contribution in [0.4, 0.5) is 5.69 Å². The van der Waals surface area contributed by atoms with Gasteiger partial charge < -0.3 is 10.2 Å². The maximum atomic E-state index is 12.3. The second-order valence-electron chi connectivity index (χ2n) is 5.19. The monoisotopic (exact) mass is 311 g/mol. The molecule has 0 saturated carbocycles. The zero-order valence-electron chi connectivity index (χ0n) is 12.3. The van der Waals surface area contributed by atoms with Crippen molar-refractivity contribution in [3.8, 4) is 0 Å². The number of carbonyl (C=O) groups excluding carboxylic acids is 1. The topological polar surface area (TPSA) is 78.5 Å². The summed E-state index contributed by atoms with van der Waals surface area (Å²) in [4.78, 5) is 13.2. The molecule has 0 aromatic heterocycles. The van der Waals surface area contributed by atoms with Crippen molar-refractivity contribution in [1.29, 1.82) is 0 Å². The molecule has 1 heterocycles. The number of nitrogens with zero attached hydrogens (tertiary/aromatic N) is 1. The van der Waals surface area contributed by atoms with Gasteiger partial charge in [0.05, 0.1) is 4.90 Å². The maximum absolute atomic E-state index is 12.3. The van der Waals surface area contributed by atoms with E-state index in [1.807, 2.05) is 6.92 Å². The van der Waals surface area contributed by atoms with Crippen LogP contribution in [0.5, 0.6) is 0 Å². The highest BCUT2D eigenvalue weighted by atomic mass is 32.2. The third-order valence-electron chi connectivity index (χ3n) is 3.49. The van der Waals surface area contributed by atoms with Crippen LogP contribution in [-0.4, -0.2) is 45.4 Å². The average molecular weight is 311 g/mol. The summed E-state index contributed by atoms with van der Waals surface area (Å²) in [5.41, 5.74) is 0.888. The first-order valence-corrected chi connectivity index (χ1v) is 8.51. The molecule has 1 amide bonds. The number of rotatable bonds is 5. The molecule has 1 aromatic rings. The molecular weight excluding hydrogens is 290 g/mol. The number of hydrogen-bond donors (Lipinski definition) is 2. The van der Waals surface area contributed by atoms with Crippen LogP contribution in [-0.2, 0) is 14.8 Å². The normalized spacial score (nSPS) is 19.6. The predicted octanol–water partition coefficient (Wildman–Crippen LogP) is 1.02. The predicted molar refractivity (Wildman–Crippen MR) is 81.6 cm³/mol. The van der Waals surface area contributed by atoms with E-state index >= 15 is 0 Å². The molecule has 2 rings (SSSR count). The molecule has 0 aliphatic carbocycles. The molecule has 1 saturated heterocycles. The summed E-state index contributed by atoms with van der Waals surface area (Å²) >= 11 is 0. The first-order chi connectivity index (χ1) is 9.92. The molecular formula is C14H21N3O3S. The Balaban J connectivity index is 2.06. The lowest BCUT2D eigenvalue weighted by atomic mass is 10.1. The number of anilines is 1. The smallest absolute Gasteiger partial charge is 0.240 e. The van der Waals surface area contributed by atoms with Crippen molar-refractivity contribution in [3.05, 3.63) is 24.3 Å². The second-order valence-corrected chi connectivity index (χ2v) is 6.90. The maximum Gasteiger partial charge on any atom is 0.240 e. The molecule has 1 aliphatic heterocycles. The van der Waals surface area contributed by atoms with E-state index in [-0.39, 0.29) is 16.8 Å². The molecule has 21 heavy (non-hydrogen) atoms. The van der Waals surface area contributed by atoms with Crippen LogP contribution >= 0.6 is 0 Å². The van der Waals surface area contributed by atoms with Gasteiger partial charge >= 0.3 is 0 Å². The van der Waals surface area contributed by atoms with E-state index in [1.54, 1.807) is 36.2 Å². The van der Waals surface area contributed by atoms with E-state index in [0.29, 0.717) is 19.4 Å². The van der Waals surface area contributed by atoms with Gasteiger partial charge in [-0.05, 0) is 37.6 Å². The van der Waals surface area contributed by atoms with E-state index in [4.69, 9.17) is 0 Å². The van der Waals surface area contributed by atoms with Crippen molar-refractivity contribution in [2.24, 2.45) is 0 Å². The molecule has 1 atom stereocenters. The molecule has 2 N–H and O–H groups in total. The van der Waals surface area contributed by atoms with Gasteiger partial charge in [-0.15, -0.1) is 0 Å². The van der Waals surface area contributed by atoms with Crippen molar-refractivity contribution in [2.45, 2.75) is 30.7 Å². The van der Waals surface area contributed by atoms with Crippen LogP contribution in [0, 0.1) is 0 Å². The Labute approximate surface area is 125 Å². The third-order valence-corrected chi connectivity index (χ3v) is 5.03. The van der Waals surface area contributed by atoms with E-state index < -0.39 is 10.0 Å². The zero-order valence-corrected chi connectivity index (χ0v) is 13.1. The molecule has 116 valence electrons. The number of hydrogen-bond acceptors (Lipinski definition) is 4. The van der Waals surface area contributed by atoms with E-state index in [0.717, 1.165) is 12.2 Å². The van der Waals surface area contributed by atoms with Crippen LogP contribution in [0.1, 0.15) is 19.8 Å². The molecule has 7 heteroatoms. The van der Waals surface area contributed by atoms with Gasteiger partial charge in [-0.3, -0.25) is 4.79 Å². The minimum absolute atomic E-state index is 0.0560. The second kappa shape index (κ2) is 6.44. The highest BCUT2D eigenvalue weighted by Gasteiger charge is 2.27. The van der Waals surface area contributed by atoms with Crippen LogP contribution in [0.3, 0.4) is 0 Å². The van der Waals surface area contributed by atoms with Crippen molar-refractivity contribution in [2.75, 3.05) is 25.5 Å². The lowest BCUT2D eigenvalue weighted by Gasteiger charge is -2.29. The highest BCUT2D eigenvalue weighted by Crippen LogP contribution is 2.16. The molecule has 1 aliphatic rings. The van der Waals surface area contributed by atoms with Gasteiger partial charge in [-0.2, -0.15) is 0 Å². The lowest BCUT2D eigenvalue weighted by molar-refractivity contribution is -0.132. The number of piperidine rings is 1. The number of likely N-dealkylation sites (N-methyl/N-ethyl adjacent to an activating group) is 1. The van der Waals surface area contributed by atoms with Crippen molar-refractivity contribution < 1.29 is 13.2 Å². The van der Waals surface area contributed by atoms with Gasteiger partial charge in [-0.1, -0.05) is 0 Å². The van der Waals surface area contributed by atoms with Crippen LogP contribution in [0.25, 0.3) is 0 Å². The minimum atomic E-state index is -3.55. The molecule has 0 bridgehead atoms. The first kappa shape index (κ1) is 15.8. The van der Waals surface area contributed by atoms with Crippen LogP contribution < -0.4 is 10.0 Å². The Morgan fingerprint density at radius 2 is 1.95 bits per heavy atom. The van der Waals surface area contributed by atoms with Gasteiger partial charge in [0, 0.05) is 38.3 Å². The Hall–Kier alpha value is -1.60. The van der Waals surface area contributed by atoms with E-state index in [2.05, 4.69) is 10.0 Å². The molecule has 1 fully saturated rings. The van der Waals surface area contributed by atoms with E-state index in [1.165, 1.54) is 0 Å². The van der Waals surface area contributed by atoms with Gasteiger partial charge in [0.2, 0.25) is 15.9 Å². The quantitative estimate of drug-likeness (QED) is 0.851. The first-order valence-electron chi connectivity index (χ1n) is 7.02. The largest absolute Gasteiger partial charge is 0.385 e. The summed E-state index contributed by atoms with van der Waals surface area (Å²) in [5, 5.41) is 3.12. The summed E-state index contributed by atoms with van der Waals surface area (Å²) in [6, 6.07) is 6.42. The molecule has 0 radical (unpaired) electrons. The van der Waals surface area contributed by atoms with Gasteiger partial charge in [-0.25, -0.2) is 13.1 Å². The number of benzene rings is 1. The number of nitrogens with one attached hydrogen (secondary N) is 2. The lowest BCUT2D eigenvalue weighted by Crippen LogP contribution is -2.48. The summed E-state index contributed by atoms with van der Waals surface area (Å²) < 4.78 is 27.3. The van der Waals surface area contributed by atoms with Gasteiger partial charge in [0.25, 0.3) is 0 Å². The number of sulfonamides is 1. The van der Waals surface area contributed by atoms with Crippen molar-refractivity contribution in [1.82, 2.24) is 9.62 Å². The van der Waals surface area contributed by atoms with Crippen molar-refractivity contribution in [3.63, 3.8) is 0 Å². The van der Waals surface area contributed by atoms with Crippen LogP contribution in [0.2, 0.25) is 0 Å². The molecule has 0 spiro atoms. The minimum Gasteiger partial charge on any atom is -0.385 e. The third kappa shape index (κ3) is 3.95. The standard InChI is InChI=1S/C14H21N3O3S/c1-3-15-11-4-7-13(8-5-11)21(19,20)16-12-6-9-14(18)17(2)10-12/h4-5,7-8,12,15-16H,3,6,9-10H2,1-2H3. The van der Waals surface area contributed by atoms with Crippen LogP contribution in [0.15, 0.2) is 29.2 Å². The van der Waals surface area contributed by atoms with Gasteiger partial charge in [0.1, 0.15) is 0 Å². The summed E-state index contributed by atoms with van der Waals surface area (Å²) in [7, 11) is -1.86. The molecule has 6 nitrogen and oxygen atoms in total. The Morgan fingerprint density at radius 1 is 1.29 bits per heavy atom. The van der Waals surface area contributed by atoms with Crippen molar-refractivity contribution >= 4 is 21.6 Å². The Morgan fingerprint density at radius 3 is 2.52 bits per heavy atom. The van der Waals surface area contributed by atoms with E-state index in [9.17, 15) is 13.2 Å². The SMILES string of the molecule is CCNc1ccc(S(=O)(=O)NC2CCC(=O)N(C)C2)cc1. The fraction of sp³-hybridized carbons (Fsp3) is 0.500. The number of likely N-dealkylation sites (tertiary alicyclic amines) is 1. The summed E-state index contributed by atoms with van der Waals surface area (Å²) in [6.45, 7) is 3.17. The fourth-order valence-electron chi connectivity index (χ4n) is 2.35. The highest BCUT2D eigenvalue weighted by molar-refractivity contribution is 7.89. The fourth-order valence-corrected chi connectivity index (χ4v) is 3.61. The molecule has 1 aromatic carbocycles. The molecule has 1 unspecified atom stereocenters. The number of amides is 1. The summed E-state index contributed by atoms with van der Waals surface area (Å²) in [6.07, 6.45) is 0.918. The Kier molecular flexibility index (Phi) is 4.84. The Bertz CT molecular complexity index is 598. The zero-order chi connectivity index (χ0) is 15.5. The average Bonchev–Trinajstić information content (AvgIpc) is 2.44. The number of carbonyl (C=O) groups is 1.